The van der Waals surface area contributed by atoms with E-state index in [1.807, 2.05) is 6.92 Å². The van der Waals surface area contributed by atoms with E-state index in [-0.39, 0.29) is 11.9 Å². The van der Waals surface area contributed by atoms with Crippen molar-refractivity contribution < 1.29 is 14.3 Å². The standard InChI is InChI=1S/C12H15Cl2NO3/c1-7(6-17-2)15-12(16)8-4-9(13)11(18-3)10(14)5-8/h4-5,7H,6H2,1-3H3,(H,15,16). The SMILES string of the molecule is COCC(C)NC(=O)c1cc(Cl)c(OC)c(Cl)c1. The van der Waals surface area contributed by atoms with Gasteiger partial charge in [0.2, 0.25) is 0 Å². The second-order valence-electron chi connectivity index (χ2n) is 3.80. The van der Waals surface area contributed by atoms with Crippen molar-refractivity contribution in [1.82, 2.24) is 5.32 Å². The highest BCUT2D eigenvalue weighted by Gasteiger charge is 2.14. The van der Waals surface area contributed by atoms with E-state index in [1.54, 1.807) is 7.11 Å². The normalized spacial score (nSPS) is 12.1. The largest absolute Gasteiger partial charge is 0.494 e. The van der Waals surface area contributed by atoms with Gasteiger partial charge in [-0.2, -0.15) is 0 Å². The number of amides is 1. The van der Waals surface area contributed by atoms with Gasteiger partial charge in [-0.05, 0) is 19.1 Å². The Balaban J connectivity index is 2.87. The van der Waals surface area contributed by atoms with Gasteiger partial charge in [0.15, 0.2) is 5.75 Å². The number of benzene rings is 1. The van der Waals surface area contributed by atoms with Crippen LogP contribution in [-0.4, -0.2) is 32.8 Å². The third kappa shape index (κ3) is 3.77. The highest BCUT2D eigenvalue weighted by Crippen LogP contribution is 2.33. The number of halogens is 2. The van der Waals surface area contributed by atoms with E-state index in [1.165, 1.54) is 19.2 Å². The first-order valence-electron chi connectivity index (χ1n) is 5.32. The van der Waals surface area contributed by atoms with Crippen LogP contribution < -0.4 is 10.1 Å². The molecule has 0 aliphatic heterocycles. The van der Waals surface area contributed by atoms with Crippen molar-refractivity contribution in [3.8, 4) is 5.75 Å². The van der Waals surface area contributed by atoms with E-state index in [9.17, 15) is 4.79 Å². The lowest BCUT2D eigenvalue weighted by Crippen LogP contribution is -2.35. The fourth-order valence-corrected chi connectivity index (χ4v) is 2.13. The topological polar surface area (TPSA) is 47.6 Å². The lowest BCUT2D eigenvalue weighted by atomic mass is 10.2. The first kappa shape index (κ1) is 15.1. The first-order valence-corrected chi connectivity index (χ1v) is 6.08. The molecule has 0 fully saturated rings. The highest BCUT2D eigenvalue weighted by atomic mass is 35.5. The molecule has 1 aromatic carbocycles. The predicted octanol–water partition coefficient (Wildman–Crippen LogP) is 2.77. The summed E-state index contributed by atoms with van der Waals surface area (Å²) in [4.78, 5) is 11.9. The van der Waals surface area contributed by atoms with Crippen LogP contribution in [0.5, 0.6) is 5.75 Å². The van der Waals surface area contributed by atoms with Gasteiger partial charge >= 0.3 is 0 Å². The van der Waals surface area contributed by atoms with Crippen LogP contribution in [0, 0.1) is 0 Å². The van der Waals surface area contributed by atoms with E-state index in [4.69, 9.17) is 32.7 Å². The smallest absolute Gasteiger partial charge is 0.251 e. The van der Waals surface area contributed by atoms with Crippen molar-refractivity contribution in [3.05, 3.63) is 27.7 Å². The number of rotatable bonds is 5. The van der Waals surface area contributed by atoms with E-state index in [2.05, 4.69) is 5.32 Å². The summed E-state index contributed by atoms with van der Waals surface area (Å²) in [5.74, 6) is 0.103. The van der Waals surface area contributed by atoms with Gasteiger partial charge in [-0.3, -0.25) is 4.79 Å². The molecule has 0 spiro atoms. The molecule has 6 heteroatoms. The minimum absolute atomic E-state index is 0.0952. The molecule has 1 atom stereocenters. The molecule has 0 saturated carbocycles. The van der Waals surface area contributed by atoms with Gasteiger partial charge in [0.25, 0.3) is 5.91 Å². The van der Waals surface area contributed by atoms with E-state index >= 15 is 0 Å². The fraction of sp³-hybridized carbons (Fsp3) is 0.417. The zero-order valence-electron chi connectivity index (χ0n) is 10.4. The Morgan fingerprint density at radius 3 is 2.33 bits per heavy atom. The molecule has 1 aromatic rings. The van der Waals surface area contributed by atoms with Gasteiger partial charge in [-0.1, -0.05) is 23.2 Å². The molecule has 0 aliphatic carbocycles. The summed E-state index contributed by atoms with van der Waals surface area (Å²) in [6.07, 6.45) is 0. The Hall–Kier alpha value is -0.970. The Kier molecular flexibility index (Phi) is 5.72. The van der Waals surface area contributed by atoms with Gasteiger partial charge < -0.3 is 14.8 Å². The molecule has 1 N–H and O–H groups in total. The number of ether oxygens (including phenoxy) is 2. The van der Waals surface area contributed by atoms with Crippen LogP contribution >= 0.6 is 23.2 Å². The molecule has 4 nitrogen and oxygen atoms in total. The minimum Gasteiger partial charge on any atom is -0.494 e. The van der Waals surface area contributed by atoms with Crippen molar-refractivity contribution >= 4 is 29.1 Å². The number of methoxy groups -OCH3 is 2. The van der Waals surface area contributed by atoms with Gasteiger partial charge in [-0.15, -0.1) is 0 Å². The quantitative estimate of drug-likeness (QED) is 0.907. The maximum Gasteiger partial charge on any atom is 0.251 e. The molecule has 0 radical (unpaired) electrons. The second kappa shape index (κ2) is 6.83. The van der Waals surface area contributed by atoms with Crippen molar-refractivity contribution in [2.45, 2.75) is 13.0 Å². The monoisotopic (exact) mass is 291 g/mol. The lowest BCUT2D eigenvalue weighted by Gasteiger charge is -2.14. The molecule has 1 unspecified atom stereocenters. The number of carbonyl (C=O) groups excluding carboxylic acids is 1. The molecule has 100 valence electrons. The fourth-order valence-electron chi connectivity index (χ4n) is 1.48. The molecule has 1 rings (SSSR count). The summed E-state index contributed by atoms with van der Waals surface area (Å²) in [7, 11) is 3.04. The Bertz CT molecular complexity index is 414. The molecular weight excluding hydrogens is 277 g/mol. The highest BCUT2D eigenvalue weighted by molar-refractivity contribution is 6.37. The summed E-state index contributed by atoms with van der Waals surface area (Å²) < 4.78 is 9.95. The van der Waals surface area contributed by atoms with Crippen LogP contribution in [0.1, 0.15) is 17.3 Å². The van der Waals surface area contributed by atoms with Crippen molar-refractivity contribution in [1.29, 1.82) is 0 Å². The average molecular weight is 292 g/mol. The van der Waals surface area contributed by atoms with Crippen LogP contribution in [0.3, 0.4) is 0 Å². The molecular formula is C12H15Cl2NO3. The zero-order valence-corrected chi connectivity index (χ0v) is 11.9. The van der Waals surface area contributed by atoms with E-state index < -0.39 is 0 Å². The molecule has 0 heterocycles. The lowest BCUT2D eigenvalue weighted by molar-refractivity contribution is 0.0905. The predicted molar refractivity (Wildman–Crippen MR) is 71.8 cm³/mol. The third-order valence-electron chi connectivity index (χ3n) is 2.26. The van der Waals surface area contributed by atoms with Crippen LogP contribution in [0.15, 0.2) is 12.1 Å². The zero-order chi connectivity index (χ0) is 13.7. The molecule has 0 aliphatic rings. The average Bonchev–Trinajstić information content (AvgIpc) is 2.28. The van der Waals surface area contributed by atoms with Gasteiger partial charge in [0.05, 0.1) is 23.8 Å². The third-order valence-corrected chi connectivity index (χ3v) is 2.82. The summed E-state index contributed by atoms with van der Waals surface area (Å²) in [5.41, 5.74) is 0.383. The maximum atomic E-state index is 11.9. The molecule has 18 heavy (non-hydrogen) atoms. The van der Waals surface area contributed by atoms with E-state index in [0.29, 0.717) is 28.0 Å². The first-order chi connectivity index (χ1) is 8.49. The Morgan fingerprint density at radius 2 is 1.89 bits per heavy atom. The number of carbonyl (C=O) groups is 1. The van der Waals surface area contributed by atoms with Crippen LogP contribution in [0.2, 0.25) is 10.0 Å². The maximum absolute atomic E-state index is 11.9. The van der Waals surface area contributed by atoms with Gasteiger partial charge in [0.1, 0.15) is 0 Å². The number of hydrogen-bond donors (Lipinski definition) is 1. The van der Waals surface area contributed by atoms with Crippen LogP contribution in [-0.2, 0) is 4.74 Å². The van der Waals surface area contributed by atoms with Crippen molar-refractivity contribution in [3.63, 3.8) is 0 Å². The number of hydrogen-bond acceptors (Lipinski definition) is 3. The Labute approximate surface area is 116 Å². The van der Waals surface area contributed by atoms with E-state index in [0.717, 1.165) is 0 Å². The minimum atomic E-state index is -0.258. The van der Waals surface area contributed by atoms with Crippen LogP contribution in [0.25, 0.3) is 0 Å². The summed E-state index contributed by atoms with van der Waals surface area (Å²) in [6, 6.07) is 2.93. The molecule has 0 bridgehead atoms. The van der Waals surface area contributed by atoms with Crippen molar-refractivity contribution in [2.24, 2.45) is 0 Å². The molecule has 0 saturated heterocycles. The number of nitrogens with one attached hydrogen (secondary N) is 1. The second-order valence-corrected chi connectivity index (χ2v) is 4.62. The van der Waals surface area contributed by atoms with Crippen molar-refractivity contribution in [2.75, 3.05) is 20.8 Å². The molecule has 1 amide bonds. The van der Waals surface area contributed by atoms with Gasteiger partial charge in [0, 0.05) is 18.7 Å². The summed E-state index contributed by atoms with van der Waals surface area (Å²) >= 11 is 11.9. The van der Waals surface area contributed by atoms with Gasteiger partial charge in [-0.25, -0.2) is 0 Å². The summed E-state index contributed by atoms with van der Waals surface area (Å²) in [5, 5.41) is 3.37. The summed E-state index contributed by atoms with van der Waals surface area (Å²) in [6.45, 7) is 2.28. The Morgan fingerprint density at radius 1 is 1.33 bits per heavy atom. The van der Waals surface area contributed by atoms with Crippen LogP contribution in [0.4, 0.5) is 0 Å². The molecule has 0 aromatic heterocycles.